The number of alkyl halides is 1. The Hall–Kier alpha value is -1.75. The van der Waals surface area contributed by atoms with Gasteiger partial charge in [0, 0.05) is 36.4 Å². The number of nitrogens with one attached hydrogen (secondary N) is 2. The van der Waals surface area contributed by atoms with Gasteiger partial charge in [0.15, 0.2) is 0 Å². The number of rotatable bonds is 6. The molecule has 0 bridgehead atoms. The lowest BCUT2D eigenvalue weighted by molar-refractivity contribution is -0.122. The zero-order chi connectivity index (χ0) is 19.6. The Labute approximate surface area is 166 Å². The minimum Gasteiger partial charge on any atom is -0.371 e. The van der Waals surface area contributed by atoms with Crippen molar-refractivity contribution in [3.63, 3.8) is 0 Å². The van der Waals surface area contributed by atoms with E-state index in [2.05, 4.69) is 22.5 Å². The summed E-state index contributed by atoms with van der Waals surface area (Å²) < 4.78 is 0. The minimum absolute atomic E-state index is 0.0566. The van der Waals surface area contributed by atoms with Crippen LogP contribution in [0.5, 0.6) is 0 Å². The van der Waals surface area contributed by atoms with Crippen LogP contribution in [0, 0.1) is 11.3 Å². The van der Waals surface area contributed by atoms with Gasteiger partial charge >= 0.3 is 0 Å². The van der Waals surface area contributed by atoms with Crippen LogP contribution in [0.25, 0.3) is 0 Å². The van der Waals surface area contributed by atoms with Crippen LogP contribution in [-0.4, -0.2) is 36.8 Å². The molecule has 2 amide bonds. The molecule has 2 N–H and O–H groups in total. The Morgan fingerprint density at radius 2 is 1.85 bits per heavy atom. The maximum Gasteiger partial charge on any atom is 0.253 e. The summed E-state index contributed by atoms with van der Waals surface area (Å²) in [5.74, 6) is 0.753. The highest BCUT2D eigenvalue weighted by Gasteiger charge is 2.29. The number of piperidine rings is 1. The third kappa shape index (κ3) is 4.95. The molecule has 1 heterocycles. The predicted octanol–water partition coefficient (Wildman–Crippen LogP) is 4.02. The molecule has 1 aromatic carbocycles. The molecule has 1 aliphatic carbocycles. The second-order valence-corrected chi connectivity index (χ2v) is 8.89. The SMILES string of the molecule is CC1CCN(c2ccc(NC(=O)C(C)(C)CCl)cc2C(=O)NC2CC2)CC1. The Balaban J connectivity index is 1.84. The highest BCUT2D eigenvalue weighted by molar-refractivity contribution is 6.20. The topological polar surface area (TPSA) is 61.4 Å². The number of carbonyl (C=O) groups excluding carboxylic acids is 2. The molecular weight excluding hydrogens is 362 g/mol. The summed E-state index contributed by atoms with van der Waals surface area (Å²) in [6, 6.07) is 5.93. The van der Waals surface area contributed by atoms with Crippen molar-refractivity contribution < 1.29 is 9.59 Å². The van der Waals surface area contributed by atoms with Crippen LogP contribution >= 0.6 is 11.6 Å². The van der Waals surface area contributed by atoms with Gasteiger partial charge in [-0.2, -0.15) is 0 Å². The normalized spacial score (nSPS) is 18.3. The summed E-state index contributed by atoms with van der Waals surface area (Å²) in [5, 5.41) is 5.99. The fourth-order valence-electron chi connectivity index (χ4n) is 3.17. The third-order valence-electron chi connectivity index (χ3n) is 5.48. The fraction of sp³-hybridized carbons (Fsp3) is 0.619. The van der Waals surface area contributed by atoms with Gasteiger partial charge in [-0.15, -0.1) is 11.6 Å². The summed E-state index contributed by atoms with van der Waals surface area (Å²) >= 11 is 5.91. The van der Waals surface area contributed by atoms with Crippen molar-refractivity contribution in [3.05, 3.63) is 23.8 Å². The lowest BCUT2D eigenvalue weighted by Gasteiger charge is -2.33. The van der Waals surface area contributed by atoms with Gasteiger partial charge in [-0.05, 0) is 63.6 Å². The van der Waals surface area contributed by atoms with E-state index in [1.54, 1.807) is 19.9 Å². The summed E-state index contributed by atoms with van der Waals surface area (Å²) in [7, 11) is 0. The van der Waals surface area contributed by atoms with E-state index in [9.17, 15) is 9.59 Å². The average molecular weight is 392 g/mol. The first-order valence-electron chi connectivity index (χ1n) is 9.87. The molecule has 2 aliphatic rings. The molecule has 0 aromatic heterocycles. The van der Waals surface area contributed by atoms with E-state index in [-0.39, 0.29) is 17.7 Å². The van der Waals surface area contributed by atoms with Gasteiger partial charge in [0.25, 0.3) is 5.91 Å². The molecule has 2 fully saturated rings. The summed E-state index contributed by atoms with van der Waals surface area (Å²) in [6.07, 6.45) is 4.35. The van der Waals surface area contributed by atoms with E-state index in [0.29, 0.717) is 17.3 Å². The quantitative estimate of drug-likeness (QED) is 0.720. The van der Waals surface area contributed by atoms with Crippen molar-refractivity contribution in [2.24, 2.45) is 11.3 Å². The molecule has 148 valence electrons. The maximum absolute atomic E-state index is 12.8. The van der Waals surface area contributed by atoms with Gasteiger partial charge in [0.2, 0.25) is 5.91 Å². The van der Waals surface area contributed by atoms with E-state index in [1.165, 1.54) is 0 Å². The highest BCUT2D eigenvalue weighted by Crippen LogP contribution is 2.30. The molecule has 1 aromatic rings. The van der Waals surface area contributed by atoms with Crippen molar-refractivity contribution in [1.29, 1.82) is 0 Å². The third-order valence-corrected chi connectivity index (χ3v) is 6.15. The fourth-order valence-corrected chi connectivity index (χ4v) is 3.29. The predicted molar refractivity (Wildman–Crippen MR) is 111 cm³/mol. The summed E-state index contributed by atoms with van der Waals surface area (Å²) in [5.41, 5.74) is 1.56. The van der Waals surface area contributed by atoms with Crippen LogP contribution in [0.1, 0.15) is 56.8 Å². The first-order valence-corrected chi connectivity index (χ1v) is 10.4. The van der Waals surface area contributed by atoms with Crippen LogP contribution in [-0.2, 0) is 4.79 Å². The molecular formula is C21H30ClN3O2. The molecule has 0 atom stereocenters. The van der Waals surface area contributed by atoms with E-state index >= 15 is 0 Å². The molecule has 1 saturated carbocycles. The number of halogens is 1. The van der Waals surface area contributed by atoms with Crippen molar-refractivity contribution in [2.45, 2.75) is 52.5 Å². The molecule has 0 radical (unpaired) electrons. The lowest BCUT2D eigenvalue weighted by atomic mass is 9.95. The number of amides is 2. The van der Waals surface area contributed by atoms with Crippen LogP contribution < -0.4 is 15.5 Å². The van der Waals surface area contributed by atoms with Crippen molar-refractivity contribution in [2.75, 3.05) is 29.2 Å². The van der Waals surface area contributed by atoms with Crippen LogP contribution in [0.2, 0.25) is 0 Å². The standard InChI is InChI=1S/C21H30ClN3O2/c1-14-8-10-25(11-9-14)18-7-6-16(24-20(27)21(2,3)13-22)12-17(18)19(26)23-15-4-5-15/h6-7,12,14-15H,4-5,8-11,13H2,1-3H3,(H,23,26)(H,24,27). The van der Waals surface area contributed by atoms with Crippen molar-refractivity contribution in [3.8, 4) is 0 Å². The second kappa shape index (κ2) is 8.09. The number of carbonyl (C=O) groups is 2. The van der Waals surface area contributed by atoms with Crippen molar-refractivity contribution >= 4 is 34.8 Å². The zero-order valence-electron chi connectivity index (χ0n) is 16.5. The molecule has 6 heteroatoms. The molecule has 1 saturated heterocycles. The average Bonchev–Trinajstić information content (AvgIpc) is 3.46. The van der Waals surface area contributed by atoms with Gasteiger partial charge in [0.05, 0.1) is 11.0 Å². The Morgan fingerprint density at radius 1 is 1.19 bits per heavy atom. The van der Waals surface area contributed by atoms with Crippen LogP contribution in [0.15, 0.2) is 18.2 Å². The summed E-state index contributed by atoms with van der Waals surface area (Å²) in [4.78, 5) is 27.6. The first-order chi connectivity index (χ1) is 12.8. The number of hydrogen-bond acceptors (Lipinski definition) is 3. The van der Waals surface area contributed by atoms with E-state index < -0.39 is 5.41 Å². The van der Waals surface area contributed by atoms with Crippen LogP contribution in [0.3, 0.4) is 0 Å². The molecule has 27 heavy (non-hydrogen) atoms. The van der Waals surface area contributed by atoms with E-state index in [1.807, 2.05) is 12.1 Å². The number of benzene rings is 1. The second-order valence-electron chi connectivity index (χ2n) is 8.62. The molecule has 5 nitrogen and oxygen atoms in total. The monoisotopic (exact) mass is 391 g/mol. The van der Waals surface area contributed by atoms with Gasteiger partial charge < -0.3 is 15.5 Å². The first kappa shape index (κ1) is 20.0. The van der Waals surface area contributed by atoms with Crippen LogP contribution in [0.4, 0.5) is 11.4 Å². The Bertz CT molecular complexity index is 707. The van der Waals surface area contributed by atoms with E-state index in [0.717, 1.165) is 50.4 Å². The van der Waals surface area contributed by atoms with E-state index in [4.69, 9.17) is 11.6 Å². The largest absolute Gasteiger partial charge is 0.371 e. The number of hydrogen-bond donors (Lipinski definition) is 2. The Morgan fingerprint density at radius 3 is 2.44 bits per heavy atom. The van der Waals surface area contributed by atoms with Crippen molar-refractivity contribution in [1.82, 2.24) is 5.32 Å². The van der Waals surface area contributed by atoms with Gasteiger partial charge in [0.1, 0.15) is 0 Å². The highest BCUT2D eigenvalue weighted by atomic mass is 35.5. The lowest BCUT2D eigenvalue weighted by Crippen LogP contribution is -2.36. The minimum atomic E-state index is -0.667. The molecule has 1 aliphatic heterocycles. The van der Waals surface area contributed by atoms with Gasteiger partial charge in [-0.25, -0.2) is 0 Å². The zero-order valence-corrected chi connectivity index (χ0v) is 17.2. The Kier molecular flexibility index (Phi) is 5.99. The van der Waals surface area contributed by atoms with Gasteiger partial charge in [-0.1, -0.05) is 6.92 Å². The number of nitrogens with zero attached hydrogens (tertiary/aromatic N) is 1. The smallest absolute Gasteiger partial charge is 0.253 e. The molecule has 0 unspecified atom stereocenters. The molecule has 0 spiro atoms. The van der Waals surface area contributed by atoms with Gasteiger partial charge in [-0.3, -0.25) is 9.59 Å². The molecule has 3 rings (SSSR count). The maximum atomic E-state index is 12.8. The summed E-state index contributed by atoms with van der Waals surface area (Å²) in [6.45, 7) is 7.79. The number of anilines is 2.